The van der Waals surface area contributed by atoms with Crippen LogP contribution in [0.25, 0.3) is 22.3 Å². The minimum Gasteiger partial charge on any atom is -0.457 e. The zero-order valence-electron chi connectivity index (χ0n) is 20.0. The highest BCUT2D eigenvalue weighted by Gasteiger charge is 2.28. The van der Waals surface area contributed by atoms with Gasteiger partial charge in [0.2, 0.25) is 5.91 Å². The highest BCUT2D eigenvalue weighted by Crippen LogP contribution is 2.35. The molecule has 2 aromatic heterocycles. The summed E-state index contributed by atoms with van der Waals surface area (Å²) >= 11 is 0. The summed E-state index contributed by atoms with van der Waals surface area (Å²) in [6.45, 7) is 1.81. The van der Waals surface area contributed by atoms with Gasteiger partial charge in [0.15, 0.2) is 5.65 Å². The van der Waals surface area contributed by atoms with Crippen molar-refractivity contribution in [2.75, 3.05) is 39.5 Å². The second-order valence-corrected chi connectivity index (χ2v) is 9.04. The van der Waals surface area contributed by atoms with E-state index < -0.39 is 0 Å². The second kappa shape index (κ2) is 9.71. The molecule has 2 aromatic carbocycles. The molecule has 35 heavy (non-hydrogen) atoms. The number of benzene rings is 2. The van der Waals surface area contributed by atoms with Crippen molar-refractivity contribution in [2.24, 2.45) is 0 Å². The maximum atomic E-state index is 12.5. The van der Waals surface area contributed by atoms with Crippen LogP contribution in [-0.4, -0.2) is 69.2 Å². The molecule has 1 saturated heterocycles. The van der Waals surface area contributed by atoms with Crippen LogP contribution in [0.15, 0.2) is 60.9 Å². The number of likely N-dealkylation sites (tertiary alicyclic amines) is 1. The largest absolute Gasteiger partial charge is 0.457 e. The summed E-state index contributed by atoms with van der Waals surface area (Å²) in [6, 6.07) is 17.6. The van der Waals surface area contributed by atoms with Crippen LogP contribution in [-0.2, 0) is 4.79 Å². The maximum absolute atomic E-state index is 12.5. The van der Waals surface area contributed by atoms with Gasteiger partial charge in [0, 0.05) is 18.7 Å². The molecular weight excluding hydrogens is 442 g/mol. The van der Waals surface area contributed by atoms with Crippen LogP contribution in [0.1, 0.15) is 18.9 Å². The zero-order chi connectivity index (χ0) is 24.4. The summed E-state index contributed by atoms with van der Waals surface area (Å²) < 4.78 is 7.89. The molecule has 0 aliphatic carbocycles. The molecule has 9 nitrogen and oxygen atoms in total. The third-order valence-electron chi connectivity index (χ3n) is 6.24. The lowest BCUT2D eigenvalue weighted by molar-refractivity contribution is -0.133. The molecule has 5 rings (SSSR count). The van der Waals surface area contributed by atoms with E-state index in [9.17, 15) is 4.79 Å². The molecule has 0 atom stereocenters. The van der Waals surface area contributed by atoms with E-state index in [1.165, 1.54) is 6.33 Å². The van der Waals surface area contributed by atoms with Crippen LogP contribution in [0.3, 0.4) is 0 Å². The van der Waals surface area contributed by atoms with Gasteiger partial charge in [-0.15, -0.1) is 0 Å². The van der Waals surface area contributed by atoms with Crippen molar-refractivity contribution in [1.29, 1.82) is 0 Å². The van der Waals surface area contributed by atoms with Gasteiger partial charge in [-0.05, 0) is 63.3 Å². The van der Waals surface area contributed by atoms with Gasteiger partial charge in [-0.3, -0.25) is 4.79 Å². The number of likely N-dealkylation sites (N-methyl/N-ethyl adjacent to an activating group) is 1. The molecule has 0 spiro atoms. The fraction of sp³-hybridized carbons (Fsp3) is 0.308. The number of carbonyl (C=O) groups is 1. The van der Waals surface area contributed by atoms with E-state index in [1.54, 1.807) is 0 Å². The maximum Gasteiger partial charge on any atom is 0.236 e. The summed E-state index contributed by atoms with van der Waals surface area (Å²) in [7, 11) is 3.82. The number of nitrogens with zero attached hydrogens (tertiary/aromatic N) is 6. The zero-order valence-corrected chi connectivity index (χ0v) is 20.0. The van der Waals surface area contributed by atoms with Crippen molar-refractivity contribution in [3.63, 3.8) is 0 Å². The van der Waals surface area contributed by atoms with Crippen LogP contribution in [0.5, 0.6) is 11.5 Å². The normalized spacial score (nSPS) is 14.5. The summed E-state index contributed by atoms with van der Waals surface area (Å²) in [5, 5.41) is 5.70. The van der Waals surface area contributed by atoms with Crippen molar-refractivity contribution in [3.05, 3.63) is 60.9 Å². The standard InChI is InChI=1S/C26H29N7O2/c1-31(2)16-22(34)32-14-12-19(13-15-32)33-26-23(25(27)28-17-29-26)24(30-33)18-8-10-21(11-9-18)35-20-6-4-3-5-7-20/h3-11,17,19H,12-16H2,1-2H3,(H2,27,28,29). The van der Waals surface area contributed by atoms with Crippen molar-refractivity contribution in [2.45, 2.75) is 18.9 Å². The predicted molar refractivity (Wildman–Crippen MR) is 135 cm³/mol. The molecule has 0 radical (unpaired) electrons. The topological polar surface area (TPSA) is 102 Å². The quantitative estimate of drug-likeness (QED) is 0.458. The Morgan fingerprint density at radius 3 is 2.40 bits per heavy atom. The minimum atomic E-state index is 0.129. The molecule has 2 N–H and O–H groups in total. The van der Waals surface area contributed by atoms with Crippen molar-refractivity contribution >= 4 is 22.8 Å². The van der Waals surface area contributed by atoms with Crippen LogP contribution in [0.4, 0.5) is 5.82 Å². The summed E-state index contributed by atoms with van der Waals surface area (Å²) in [6.07, 6.45) is 3.10. The first-order chi connectivity index (χ1) is 17.0. The number of carbonyl (C=O) groups excluding carboxylic acids is 1. The Balaban J connectivity index is 1.40. The molecule has 9 heteroatoms. The Kier molecular flexibility index (Phi) is 6.33. The second-order valence-electron chi connectivity index (χ2n) is 9.04. The number of anilines is 1. The highest BCUT2D eigenvalue weighted by atomic mass is 16.5. The number of nitrogen functional groups attached to an aromatic ring is 1. The number of fused-ring (bicyclic) bond motifs is 1. The molecular formula is C26H29N7O2. The Labute approximate surface area is 204 Å². The molecule has 0 bridgehead atoms. The van der Waals surface area contributed by atoms with Crippen LogP contribution in [0.2, 0.25) is 0 Å². The number of ether oxygens (including phenoxy) is 1. The van der Waals surface area contributed by atoms with Crippen molar-refractivity contribution in [1.82, 2.24) is 29.5 Å². The Bertz CT molecular complexity index is 1310. The number of nitrogens with two attached hydrogens (primary N) is 1. The smallest absolute Gasteiger partial charge is 0.236 e. The third kappa shape index (κ3) is 4.81. The van der Waals surface area contributed by atoms with Crippen molar-refractivity contribution < 1.29 is 9.53 Å². The molecule has 180 valence electrons. The monoisotopic (exact) mass is 471 g/mol. The van der Waals surface area contributed by atoms with Crippen LogP contribution in [0, 0.1) is 0 Å². The average molecular weight is 472 g/mol. The fourth-order valence-electron chi connectivity index (χ4n) is 4.49. The lowest BCUT2D eigenvalue weighted by atomic mass is 10.1. The van der Waals surface area contributed by atoms with Gasteiger partial charge in [-0.2, -0.15) is 5.10 Å². The Morgan fingerprint density at radius 2 is 1.71 bits per heavy atom. The van der Waals surface area contributed by atoms with E-state index in [2.05, 4.69) is 9.97 Å². The highest BCUT2D eigenvalue weighted by molar-refractivity contribution is 5.98. The average Bonchev–Trinajstić information content (AvgIpc) is 3.26. The van der Waals surface area contributed by atoms with Crippen LogP contribution < -0.4 is 10.5 Å². The number of hydrogen-bond acceptors (Lipinski definition) is 7. The molecule has 1 fully saturated rings. The Morgan fingerprint density at radius 1 is 1.03 bits per heavy atom. The number of para-hydroxylation sites is 1. The van der Waals surface area contributed by atoms with Gasteiger partial charge < -0.3 is 20.3 Å². The van der Waals surface area contributed by atoms with Crippen LogP contribution >= 0.6 is 0 Å². The molecule has 3 heterocycles. The fourth-order valence-corrected chi connectivity index (χ4v) is 4.49. The summed E-state index contributed by atoms with van der Waals surface area (Å²) in [4.78, 5) is 25.0. The summed E-state index contributed by atoms with van der Waals surface area (Å²) in [5.74, 6) is 2.08. The molecule has 1 amide bonds. The van der Waals surface area contributed by atoms with Gasteiger partial charge in [0.1, 0.15) is 29.3 Å². The molecule has 0 unspecified atom stereocenters. The molecule has 0 saturated carbocycles. The number of aromatic nitrogens is 4. The third-order valence-corrected chi connectivity index (χ3v) is 6.24. The first-order valence-electron chi connectivity index (χ1n) is 11.7. The predicted octanol–water partition coefficient (Wildman–Crippen LogP) is 3.59. The number of piperidine rings is 1. The van der Waals surface area contributed by atoms with Gasteiger partial charge >= 0.3 is 0 Å². The lowest BCUT2D eigenvalue weighted by Crippen LogP contribution is -2.43. The first-order valence-corrected chi connectivity index (χ1v) is 11.7. The van der Waals surface area contributed by atoms with Gasteiger partial charge in [-0.25, -0.2) is 14.6 Å². The van der Waals surface area contributed by atoms with E-state index in [1.807, 2.05) is 83.2 Å². The molecule has 1 aliphatic heterocycles. The number of hydrogen-bond donors (Lipinski definition) is 1. The number of rotatable bonds is 6. The summed E-state index contributed by atoms with van der Waals surface area (Å²) in [5.41, 5.74) is 8.67. The SMILES string of the molecule is CN(C)CC(=O)N1CCC(n2nc(-c3ccc(Oc4ccccc4)cc3)c3c(N)ncnc32)CC1. The van der Waals surface area contributed by atoms with Gasteiger partial charge in [-0.1, -0.05) is 18.2 Å². The van der Waals surface area contributed by atoms with E-state index >= 15 is 0 Å². The van der Waals surface area contributed by atoms with E-state index in [4.69, 9.17) is 15.6 Å². The minimum absolute atomic E-state index is 0.129. The number of amides is 1. The van der Waals surface area contributed by atoms with Gasteiger partial charge in [0.05, 0.1) is 18.0 Å². The molecule has 4 aromatic rings. The van der Waals surface area contributed by atoms with Crippen molar-refractivity contribution in [3.8, 4) is 22.8 Å². The molecule has 1 aliphatic rings. The van der Waals surface area contributed by atoms with E-state index in [-0.39, 0.29) is 11.9 Å². The lowest BCUT2D eigenvalue weighted by Gasteiger charge is -2.32. The van der Waals surface area contributed by atoms with E-state index in [0.717, 1.165) is 46.6 Å². The Hall–Kier alpha value is -3.98. The van der Waals surface area contributed by atoms with Gasteiger partial charge in [0.25, 0.3) is 0 Å². The first kappa shape index (κ1) is 22.8. The van der Waals surface area contributed by atoms with E-state index in [0.29, 0.717) is 25.5 Å².